The summed E-state index contributed by atoms with van der Waals surface area (Å²) in [5.74, 6) is -1.39. The van der Waals surface area contributed by atoms with Crippen molar-refractivity contribution in [2.24, 2.45) is 10.2 Å². The van der Waals surface area contributed by atoms with Crippen LogP contribution in [0.1, 0.15) is 30.3 Å². The standard InChI is InChI=1S/C16H17N3O5S/c20-13(21)8-12-14(22)18-16(25-12)19-17-9-10-2-4-11(5-3-10)15-23-6-1-7-24-15/h2-5,9,12,15H,1,6-8H2,(H,20,21)(H,18,19,22). The van der Waals surface area contributed by atoms with E-state index in [0.717, 1.165) is 29.3 Å². The van der Waals surface area contributed by atoms with Crippen molar-refractivity contribution in [1.29, 1.82) is 0 Å². The Morgan fingerprint density at radius 2 is 2.04 bits per heavy atom. The number of carboxylic acids is 1. The smallest absolute Gasteiger partial charge is 0.305 e. The number of nitrogens with one attached hydrogen (secondary N) is 1. The highest BCUT2D eigenvalue weighted by atomic mass is 32.2. The molecular formula is C16H17N3O5S. The van der Waals surface area contributed by atoms with Crippen LogP contribution in [0.15, 0.2) is 34.5 Å². The molecule has 0 spiro atoms. The fourth-order valence-corrected chi connectivity index (χ4v) is 3.23. The van der Waals surface area contributed by atoms with Gasteiger partial charge in [0.25, 0.3) is 0 Å². The maximum Gasteiger partial charge on any atom is 0.305 e. The van der Waals surface area contributed by atoms with E-state index in [1.165, 1.54) is 0 Å². The van der Waals surface area contributed by atoms with E-state index >= 15 is 0 Å². The van der Waals surface area contributed by atoms with Crippen molar-refractivity contribution >= 4 is 35.0 Å². The van der Waals surface area contributed by atoms with E-state index in [9.17, 15) is 9.59 Å². The monoisotopic (exact) mass is 363 g/mol. The number of nitrogens with zero attached hydrogens (tertiary/aromatic N) is 2. The molecule has 1 aromatic carbocycles. The Hall–Kier alpha value is -2.23. The molecule has 0 bridgehead atoms. The van der Waals surface area contributed by atoms with E-state index in [-0.39, 0.29) is 18.6 Å². The predicted octanol–water partition coefficient (Wildman–Crippen LogP) is 1.52. The molecule has 1 unspecified atom stereocenters. The summed E-state index contributed by atoms with van der Waals surface area (Å²) >= 11 is 1.07. The molecule has 132 valence electrons. The average Bonchev–Trinajstić information content (AvgIpc) is 2.95. The summed E-state index contributed by atoms with van der Waals surface area (Å²) in [7, 11) is 0. The van der Waals surface area contributed by atoms with Gasteiger partial charge in [-0.2, -0.15) is 5.10 Å². The van der Waals surface area contributed by atoms with Gasteiger partial charge >= 0.3 is 5.97 Å². The zero-order chi connectivity index (χ0) is 17.6. The first-order chi connectivity index (χ1) is 12.1. The Balaban J connectivity index is 1.57. The van der Waals surface area contributed by atoms with Gasteiger partial charge in [0, 0.05) is 5.56 Å². The van der Waals surface area contributed by atoms with Crippen molar-refractivity contribution in [3.8, 4) is 0 Å². The van der Waals surface area contributed by atoms with Crippen LogP contribution in [-0.2, 0) is 19.1 Å². The van der Waals surface area contributed by atoms with Crippen LogP contribution in [0, 0.1) is 0 Å². The summed E-state index contributed by atoms with van der Waals surface area (Å²) in [6, 6.07) is 7.54. The van der Waals surface area contributed by atoms with Gasteiger partial charge < -0.3 is 19.9 Å². The Morgan fingerprint density at radius 3 is 2.72 bits per heavy atom. The van der Waals surface area contributed by atoms with Crippen molar-refractivity contribution in [3.63, 3.8) is 0 Å². The lowest BCUT2D eigenvalue weighted by Gasteiger charge is -2.23. The second kappa shape index (κ2) is 8.24. The summed E-state index contributed by atoms with van der Waals surface area (Å²) in [5.41, 5.74) is 1.78. The van der Waals surface area contributed by atoms with E-state index < -0.39 is 11.2 Å². The second-order valence-electron chi connectivity index (χ2n) is 5.44. The maximum atomic E-state index is 11.6. The van der Waals surface area contributed by atoms with Crippen molar-refractivity contribution in [1.82, 2.24) is 5.32 Å². The molecule has 0 aliphatic carbocycles. The molecule has 9 heteroatoms. The zero-order valence-electron chi connectivity index (χ0n) is 13.3. The first-order valence-corrected chi connectivity index (χ1v) is 8.63. The number of amides is 1. The fourth-order valence-electron chi connectivity index (χ4n) is 2.31. The van der Waals surface area contributed by atoms with Gasteiger partial charge in [-0.05, 0) is 12.0 Å². The van der Waals surface area contributed by atoms with Crippen LogP contribution < -0.4 is 5.32 Å². The molecule has 0 radical (unpaired) electrons. The number of hydrogen-bond donors (Lipinski definition) is 2. The molecule has 0 saturated carbocycles. The molecule has 25 heavy (non-hydrogen) atoms. The van der Waals surface area contributed by atoms with Crippen molar-refractivity contribution in [3.05, 3.63) is 35.4 Å². The molecule has 2 saturated heterocycles. The minimum Gasteiger partial charge on any atom is -0.481 e. The van der Waals surface area contributed by atoms with Crippen LogP contribution >= 0.6 is 11.8 Å². The van der Waals surface area contributed by atoms with E-state index in [4.69, 9.17) is 14.6 Å². The number of benzene rings is 1. The first kappa shape index (κ1) is 17.6. The van der Waals surface area contributed by atoms with Gasteiger partial charge in [-0.15, -0.1) is 5.10 Å². The number of ether oxygens (including phenoxy) is 2. The molecule has 0 aromatic heterocycles. The first-order valence-electron chi connectivity index (χ1n) is 7.75. The van der Waals surface area contributed by atoms with Gasteiger partial charge in [0.05, 0.1) is 25.8 Å². The maximum absolute atomic E-state index is 11.6. The van der Waals surface area contributed by atoms with Crippen LogP contribution in [0.5, 0.6) is 0 Å². The number of amidine groups is 1. The number of hydrogen-bond acceptors (Lipinski definition) is 7. The number of rotatable bonds is 5. The summed E-state index contributed by atoms with van der Waals surface area (Å²) in [4.78, 5) is 22.3. The molecular weight excluding hydrogens is 346 g/mol. The summed E-state index contributed by atoms with van der Waals surface area (Å²) in [6.07, 6.45) is 1.89. The van der Waals surface area contributed by atoms with Gasteiger partial charge in [0.15, 0.2) is 11.5 Å². The van der Waals surface area contributed by atoms with E-state index in [1.807, 2.05) is 24.3 Å². The molecule has 2 fully saturated rings. The molecule has 3 rings (SSSR count). The molecule has 2 heterocycles. The Labute approximate surface area is 148 Å². The van der Waals surface area contributed by atoms with Crippen LogP contribution in [0.4, 0.5) is 0 Å². The van der Waals surface area contributed by atoms with E-state index in [2.05, 4.69) is 15.5 Å². The van der Waals surface area contributed by atoms with Gasteiger partial charge in [-0.25, -0.2) is 0 Å². The third-order valence-electron chi connectivity index (χ3n) is 3.53. The molecule has 1 amide bonds. The quantitative estimate of drug-likeness (QED) is 0.606. The number of thioether (sulfide) groups is 1. The third kappa shape index (κ3) is 4.88. The van der Waals surface area contributed by atoms with Gasteiger partial charge in [-0.1, -0.05) is 36.0 Å². The second-order valence-corrected chi connectivity index (χ2v) is 6.63. The fraction of sp³-hybridized carbons (Fsp3) is 0.375. The van der Waals surface area contributed by atoms with E-state index in [1.54, 1.807) is 6.21 Å². The minimum absolute atomic E-state index is 0.244. The summed E-state index contributed by atoms with van der Waals surface area (Å²) < 4.78 is 11.1. The predicted molar refractivity (Wildman–Crippen MR) is 92.5 cm³/mol. The van der Waals surface area contributed by atoms with Crippen LogP contribution in [-0.4, -0.2) is 46.8 Å². The highest BCUT2D eigenvalue weighted by molar-refractivity contribution is 8.15. The van der Waals surface area contributed by atoms with E-state index in [0.29, 0.717) is 18.4 Å². The highest BCUT2D eigenvalue weighted by Gasteiger charge is 2.32. The third-order valence-corrected chi connectivity index (χ3v) is 4.60. The summed E-state index contributed by atoms with van der Waals surface area (Å²) in [5, 5.41) is 18.7. The lowest BCUT2D eigenvalue weighted by molar-refractivity contribution is -0.183. The summed E-state index contributed by atoms with van der Waals surface area (Å²) in [6.45, 7) is 1.38. The molecule has 1 atom stereocenters. The normalized spacial score (nSPS) is 23.3. The lowest BCUT2D eigenvalue weighted by Crippen LogP contribution is -2.26. The number of carbonyl (C=O) groups is 2. The Morgan fingerprint density at radius 1 is 1.32 bits per heavy atom. The Kier molecular flexibility index (Phi) is 5.79. The lowest BCUT2D eigenvalue weighted by atomic mass is 10.1. The number of carbonyl (C=O) groups excluding carboxylic acids is 1. The molecule has 8 nitrogen and oxygen atoms in total. The van der Waals surface area contributed by atoms with Crippen molar-refractivity contribution in [2.75, 3.05) is 13.2 Å². The topological polar surface area (TPSA) is 110 Å². The average molecular weight is 363 g/mol. The van der Waals surface area contributed by atoms with Crippen LogP contribution in [0.2, 0.25) is 0 Å². The number of carboxylic acid groups (broad SMARTS) is 1. The molecule has 2 aliphatic heterocycles. The zero-order valence-corrected chi connectivity index (χ0v) is 14.1. The largest absolute Gasteiger partial charge is 0.481 e. The number of aliphatic carboxylic acids is 1. The van der Waals surface area contributed by atoms with Gasteiger partial charge in [0.1, 0.15) is 5.25 Å². The van der Waals surface area contributed by atoms with Crippen LogP contribution in [0.3, 0.4) is 0 Å². The highest BCUT2D eigenvalue weighted by Crippen LogP contribution is 2.23. The SMILES string of the molecule is O=C(O)CC1SC(=NN=Cc2ccc(C3OCCCO3)cc2)NC1=O. The van der Waals surface area contributed by atoms with Gasteiger partial charge in [0.2, 0.25) is 5.91 Å². The molecule has 1 aromatic rings. The minimum atomic E-state index is -1.02. The van der Waals surface area contributed by atoms with Crippen molar-refractivity contribution in [2.45, 2.75) is 24.4 Å². The van der Waals surface area contributed by atoms with Gasteiger partial charge in [-0.3, -0.25) is 9.59 Å². The molecule has 2 N–H and O–H groups in total. The Bertz CT molecular complexity index is 698. The van der Waals surface area contributed by atoms with Crippen molar-refractivity contribution < 1.29 is 24.2 Å². The van der Waals surface area contributed by atoms with Crippen LogP contribution in [0.25, 0.3) is 0 Å². The molecule has 2 aliphatic rings.